The summed E-state index contributed by atoms with van der Waals surface area (Å²) in [5, 5.41) is 8.83. The van der Waals surface area contributed by atoms with Crippen LogP contribution in [0.15, 0.2) is 18.2 Å². The van der Waals surface area contributed by atoms with Gasteiger partial charge in [-0.05, 0) is 17.7 Å². The molecule has 1 nitrogen and oxygen atoms in total. The number of aliphatic hydroxyl groups is 1. The van der Waals surface area contributed by atoms with Crippen molar-refractivity contribution in [3.63, 3.8) is 0 Å². The fourth-order valence-corrected chi connectivity index (χ4v) is 1.53. The zero-order valence-electron chi connectivity index (χ0n) is 7.35. The van der Waals surface area contributed by atoms with Crippen molar-refractivity contribution in [1.82, 2.24) is 0 Å². The Morgan fingerprint density at radius 1 is 1.33 bits per heavy atom. The molecule has 0 bridgehead atoms. The summed E-state index contributed by atoms with van der Waals surface area (Å²) in [6, 6.07) is 3.05. The molecular formula is C9H7Cl2F3O. The van der Waals surface area contributed by atoms with E-state index in [9.17, 15) is 18.3 Å². The van der Waals surface area contributed by atoms with Gasteiger partial charge in [0.05, 0.1) is 22.6 Å². The molecule has 1 aromatic rings. The highest BCUT2D eigenvalue weighted by Crippen LogP contribution is 2.35. The zero-order chi connectivity index (χ0) is 11.6. The van der Waals surface area contributed by atoms with Gasteiger partial charge in [-0.15, -0.1) is 11.6 Å². The number of alkyl halides is 4. The van der Waals surface area contributed by atoms with Gasteiger partial charge in [-0.2, -0.15) is 13.2 Å². The van der Waals surface area contributed by atoms with Gasteiger partial charge in [-0.3, -0.25) is 0 Å². The Bertz CT molecular complexity index is 352. The van der Waals surface area contributed by atoms with E-state index < -0.39 is 22.9 Å². The molecule has 0 amide bonds. The number of hydrogen-bond acceptors (Lipinski definition) is 1. The monoisotopic (exact) mass is 258 g/mol. The van der Waals surface area contributed by atoms with Crippen LogP contribution in [0.1, 0.15) is 17.2 Å². The molecule has 1 unspecified atom stereocenters. The van der Waals surface area contributed by atoms with E-state index in [1.807, 2.05) is 0 Å². The molecule has 0 fully saturated rings. The molecule has 0 spiro atoms. The Balaban J connectivity index is 3.09. The van der Waals surface area contributed by atoms with Crippen molar-refractivity contribution >= 4 is 23.2 Å². The van der Waals surface area contributed by atoms with Crippen molar-refractivity contribution in [2.45, 2.75) is 12.3 Å². The summed E-state index contributed by atoms with van der Waals surface area (Å²) in [5.41, 5.74) is -0.655. The molecule has 0 saturated carbocycles. The number of benzene rings is 1. The third-order valence-corrected chi connectivity index (χ3v) is 2.43. The van der Waals surface area contributed by atoms with Crippen molar-refractivity contribution < 1.29 is 18.3 Å². The van der Waals surface area contributed by atoms with E-state index in [1.165, 1.54) is 0 Å². The first-order valence-corrected chi connectivity index (χ1v) is 4.88. The molecule has 0 aliphatic heterocycles. The summed E-state index contributed by atoms with van der Waals surface area (Å²) in [6.45, 7) is 0. The molecule has 0 radical (unpaired) electrons. The zero-order valence-corrected chi connectivity index (χ0v) is 8.87. The predicted octanol–water partition coefficient (Wildman–Crippen LogP) is 3.63. The van der Waals surface area contributed by atoms with Crippen LogP contribution in [0, 0.1) is 0 Å². The maximum Gasteiger partial charge on any atom is 0.417 e. The molecule has 0 aliphatic rings. The first-order chi connectivity index (χ1) is 6.86. The molecule has 1 N–H and O–H groups in total. The Hall–Kier alpha value is -0.450. The van der Waals surface area contributed by atoms with Gasteiger partial charge >= 0.3 is 6.18 Å². The first-order valence-electron chi connectivity index (χ1n) is 3.97. The maximum absolute atomic E-state index is 12.3. The third-order valence-electron chi connectivity index (χ3n) is 1.83. The lowest BCUT2D eigenvalue weighted by molar-refractivity contribution is -0.137. The van der Waals surface area contributed by atoms with Gasteiger partial charge in [-0.1, -0.05) is 17.7 Å². The van der Waals surface area contributed by atoms with Gasteiger partial charge in [0, 0.05) is 0 Å². The van der Waals surface area contributed by atoms with Crippen molar-refractivity contribution in [3.8, 4) is 0 Å². The second-order valence-electron chi connectivity index (χ2n) is 2.91. The summed E-state index contributed by atoms with van der Waals surface area (Å²) < 4.78 is 36.9. The normalized spacial score (nSPS) is 14.0. The molecule has 0 heterocycles. The first kappa shape index (κ1) is 12.6. The minimum atomic E-state index is -4.48. The largest absolute Gasteiger partial charge is 0.417 e. The summed E-state index contributed by atoms with van der Waals surface area (Å²) in [7, 11) is 0. The van der Waals surface area contributed by atoms with Crippen LogP contribution < -0.4 is 0 Å². The summed E-state index contributed by atoms with van der Waals surface area (Å²) >= 11 is 10.8. The molecule has 0 aliphatic carbocycles. The lowest BCUT2D eigenvalue weighted by Crippen LogP contribution is -2.07. The van der Waals surface area contributed by atoms with Crippen molar-refractivity contribution in [2.24, 2.45) is 0 Å². The van der Waals surface area contributed by atoms with Crippen molar-refractivity contribution in [3.05, 3.63) is 34.3 Å². The van der Waals surface area contributed by atoms with Crippen LogP contribution in [0.5, 0.6) is 0 Å². The van der Waals surface area contributed by atoms with Crippen molar-refractivity contribution in [1.29, 1.82) is 0 Å². The lowest BCUT2D eigenvalue weighted by atomic mass is 10.1. The van der Waals surface area contributed by atoms with E-state index in [2.05, 4.69) is 0 Å². The quantitative estimate of drug-likeness (QED) is 0.804. The van der Waals surface area contributed by atoms with Crippen LogP contribution >= 0.6 is 23.2 Å². The summed E-state index contributed by atoms with van der Waals surface area (Å²) in [4.78, 5) is 0. The second kappa shape index (κ2) is 4.60. The smallest absolute Gasteiger partial charge is 0.387 e. The molecule has 15 heavy (non-hydrogen) atoms. The molecule has 1 atom stereocenters. The fraction of sp³-hybridized carbons (Fsp3) is 0.333. The van der Waals surface area contributed by atoms with E-state index in [1.54, 1.807) is 0 Å². The molecule has 84 valence electrons. The molecule has 1 aromatic carbocycles. The van der Waals surface area contributed by atoms with E-state index in [0.29, 0.717) is 0 Å². The lowest BCUT2D eigenvalue weighted by Gasteiger charge is -2.12. The predicted molar refractivity (Wildman–Crippen MR) is 52.1 cm³/mol. The average Bonchev–Trinajstić information content (AvgIpc) is 2.14. The highest BCUT2D eigenvalue weighted by atomic mass is 35.5. The SMILES string of the molecule is OC(CCl)c1ccc(C(F)(F)F)c(Cl)c1. The van der Waals surface area contributed by atoms with E-state index in [-0.39, 0.29) is 11.4 Å². The topological polar surface area (TPSA) is 20.2 Å². The van der Waals surface area contributed by atoms with Crippen LogP contribution in [0.3, 0.4) is 0 Å². The van der Waals surface area contributed by atoms with Crippen LogP contribution in [0.25, 0.3) is 0 Å². The fourth-order valence-electron chi connectivity index (χ4n) is 1.06. The standard InChI is InChI=1S/C9H7Cl2F3O/c10-4-8(15)5-1-2-6(7(11)3-5)9(12,13)14/h1-3,8,15H,4H2. The highest BCUT2D eigenvalue weighted by molar-refractivity contribution is 6.31. The highest BCUT2D eigenvalue weighted by Gasteiger charge is 2.33. The van der Waals surface area contributed by atoms with Crippen molar-refractivity contribution in [2.75, 3.05) is 5.88 Å². The number of hydrogen-bond donors (Lipinski definition) is 1. The van der Waals surface area contributed by atoms with Gasteiger partial charge < -0.3 is 5.11 Å². The Labute approximate surface area is 94.4 Å². The van der Waals surface area contributed by atoms with E-state index in [4.69, 9.17) is 23.2 Å². The summed E-state index contributed by atoms with van der Waals surface area (Å²) in [5.74, 6) is -0.0955. The number of halogens is 5. The Morgan fingerprint density at radius 3 is 2.33 bits per heavy atom. The molecule has 0 aromatic heterocycles. The van der Waals surface area contributed by atoms with Gasteiger partial charge in [-0.25, -0.2) is 0 Å². The Morgan fingerprint density at radius 2 is 1.93 bits per heavy atom. The van der Waals surface area contributed by atoms with E-state index in [0.717, 1.165) is 18.2 Å². The van der Waals surface area contributed by atoms with Gasteiger partial charge in [0.1, 0.15) is 0 Å². The van der Waals surface area contributed by atoms with Gasteiger partial charge in [0.2, 0.25) is 0 Å². The average molecular weight is 259 g/mol. The summed E-state index contributed by atoms with van der Waals surface area (Å²) in [6.07, 6.45) is -5.49. The minimum Gasteiger partial charge on any atom is -0.387 e. The van der Waals surface area contributed by atoms with Crippen LogP contribution in [0.4, 0.5) is 13.2 Å². The second-order valence-corrected chi connectivity index (χ2v) is 3.62. The molecule has 1 rings (SSSR count). The van der Waals surface area contributed by atoms with Crippen LogP contribution in [-0.4, -0.2) is 11.0 Å². The number of rotatable bonds is 2. The van der Waals surface area contributed by atoms with Crippen LogP contribution in [-0.2, 0) is 6.18 Å². The van der Waals surface area contributed by atoms with Gasteiger partial charge in [0.25, 0.3) is 0 Å². The number of aliphatic hydroxyl groups excluding tert-OH is 1. The van der Waals surface area contributed by atoms with Gasteiger partial charge in [0.15, 0.2) is 0 Å². The molecule has 0 saturated heterocycles. The molecular weight excluding hydrogens is 252 g/mol. The maximum atomic E-state index is 12.3. The Kier molecular flexibility index (Phi) is 3.87. The van der Waals surface area contributed by atoms with E-state index >= 15 is 0 Å². The third kappa shape index (κ3) is 3.00. The molecule has 6 heteroatoms. The van der Waals surface area contributed by atoms with Crippen LogP contribution in [0.2, 0.25) is 5.02 Å². The minimum absolute atomic E-state index is 0.0955.